The number of nitrogen functional groups attached to an aromatic ring is 1. The average Bonchev–Trinajstić information content (AvgIpc) is 2.69. The highest BCUT2D eigenvalue weighted by molar-refractivity contribution is 5.78. The van der Waals surface area contributed by atoms with Crippen molar-refractivity contribution in [3.8, 4) is 0 Å². The summed E-state index contributed by atoms with van der Waals surface area (Å²) in [5.74, 6) is 0.578. The molecule has 2 aromatic carbocycles. The number of aryl methyl sites for hydroxylation is 1. The van der Waals surface area contributed by atoms with Crippen LogP contribution in [0.1, 0.15) is 30.5 Å². The van der Waals surface area contributed by atoms with Crippen molar-refractivity contribution in [2.75, 3.05) is 24.7 Å². The topological polar surface area (TPSA) is 87.5 Å². The van der Waals surface area contributed by atoms with Gasteiger partial charge in [-0.1, -0.05) is 56.3 Å². The Morgan fingerprint density at radius 2 is 1.74 bits per heavy atom. The number of nitrogens with zero attached hydrogens (tertiary/aromatic N) is 1. The highest BCUT2D eigenvalue weighted by Gasteiger charge is 2.17. The van der Waals surface area contributed by atoms with Crippen molar-refractivity contribution in [3.05, 3.63) is 77.3 Å². The Kier molecular flexibility index (Phi) is 8.42. The van der Waals surface area contributed by atoms with E-state index in [9.17, 15) is 5.11 Å². The van der Waals surface area contributed by atoms with Crippen LogP contribution in [0.15, 0.2) is 60.6 Å². The van der Waals surface area contributed by atoms with Crippen molar-refractivity contribution < 1.29 is 5.11 Å². The molecule has 146 valence electrons. The number of hydrogen-bond acceptors (Lipinski definition) is 5. The standard InChI is InChI=1S/C20H26N4O.C2H6/c1-13-5-8-16(9-6-13)14(2)19(25)20(23-3)24(4)18-10-7-15(12-21)11-17(18)22;1-2/h5-11,23,25H,2,12,21-22H2,1,3-4H3;1-2H3/b20-19-;. The minimum absolute atomic E-state index is 0.0659. The lowest BCUT2D eigenvalue weighted by molar-refractivity contribution is 0.424. The fraction of sp³-hybridized carbons (Fsp3) is 0.273. The lowest BCUT2D eigenvalue weighted by Crippen LogP contribution is -2.28. The zero-order valence-electron chi connectivity index (χ0n) is 17.0. The van der Waals surface area contributed by atoms with E-state index >= 15 is 0 Å². The molecule has 0 aromatic heterocycles. The summed E-state index contributed by atoms with van der Waals surface area (Å²) in [5, 5.41) is 13.8. The van der Waals surface area contributed by atoms with E-state index in [1.807, 2.05) is 70.3 Å². The second-order valence-electron chi connectivity index (χ2n) is 5.95. The number of rotatable bonds is 6. The van der Waals surface area contributed by atoms with E-state index in [2.05, 4.69) is 11.9 Å². The van der Waals surface area contributed by atoms with Crippen LogP contribution in [0.3, 0.4) is 0 Å². The smallest absolute Gasteiger partial charge is 0.163 e. The first kappa shape index (κ1) is 22.1. The molecule has 0 amide bonds. The minimum atomic E-state index is 0.0659. The molecule has 0 spiro atoms. The fourth-order valence-corrected chi connectivity index (χ4v) is 2.64. The monoisotopic (exact) mass is 368 g/mol. The Morgan fingerprint density at radius 3 is 2.22 bits per heavy atom. The Balaban J connectivity index is 0.00000176. The molecule has 0 fully saturated rings. The van der Waals surface area contributed by atoms with Crippen LogP contribution in [0.5, 0.6) is 0 Å². The SMILES string of the molecule is C=C(/C(O)=C(\NC)N(C)c1ccc(CN)cc1N)c1ccc(C)cc1.CC. The van der Waals surface area contributed by atoms with Gasteiger partial charge in [0.2, 0.25) is 0 Å². The largest absolute Gasteiger partial charge is 0.504 e. The number of aliphatic hydroxyl groups excluding tert-OH is 1. The third kappa shape index (κ3) is 5.28. The zero-order chi connectivity index (χ0) is 20.6. The fourth-order valence-electron chi connectivity index (χ4n) is 2.64. The lowest BCUT2D eigenvalue weighted by atomic mass is 10.0. The van der Waals surface area contributed by atoms with Gasteiger partial charge in [0.25, 0.3) is 0 Å². The van der Waals surface area contributed by atoms with Gasteiger partial charge in [-0.3, -0.25) is 0 Å². The van der Waals surface area contributed by atoms with E-state index in [0.29, 0.717) is 23.6 Å². The van der Waals surface area contributed by atoms with E-state index in [-0.39, 0.29) is 5.76 Å². The first-order chi connectivity index (χ1) is 12.9. The number of hydrogen-bond donors (Lipinski definition) is 4. The molecule has 5 heteroatoms. The lowest BCUT2D eigenvalue weighted by Gasteiger charge is -2.26. The Bertz CT molecular complexity index is 794. The summed E-state index contributed by atoms with van der Waals surface area (Å²) >= 11 is 0. The van der Waals surface area contributed by atoms with Crippen LogP contribution in [0.2, 0.25) is 0 Å². The van der Waals surface area contributed by atoms with Gasteiger partial charge in [0.15, 0.2) is 5.76 Å². The van der Waals surface area contributed by atoms with Crippen molar-refractivity contribution >= 4 is 16.9 Å². The van der Waals surface area contributed by atoms with Crippen molar-refractivity contribution in [3.63, 3.8) is 0 Å². The number of benzene rings is 2. The van der Waals surface area contributed by atoms with Gasteiger partial charge >= 0.3 is 0 Å². The van der Waals surface area contributed by atoms with Gasteiger partial charge in [-0.15, -0.1) is 0 Å². The van der Waals surface area contributed by atoms with Crippen LogP contribution in [-0.4, -0.2) is 19.2 Å². The summed E-state index contributed by atoms with van der Waals surface area (Å²) in [4.78, 5) is 1.80. The second kappa shape index (κ2) is 10.3. The average molecular weight is 369 g/mol. The van der Waals surface area contributed by atoms with Crippen molar-refractivity contribution in [2.24, 2.45) is 5.73 Å². The maximum absolute atomic E-state index is 10.7. The zero-order valence-corrected chi connectivity index (χ0v) is 17.0. The van der Waals surface area contributed by atoms with Gasteiger partial charge in [-0.05, 0) is 30.2 Å². The predicted octanol–water partition coefficient (Wildman–Crippen LogP) is 4.16. The number of nitrogens with one attached hydrogen (secondary N) is 1. The highest BCUT2D eigenvalue weighted by atomic mass is 16.3. The number of anilines is 2. The van der Waals surface area contributed by atoms with Gasteiger partial charge in [0, 0.05) is 26.2 Å². The van der Waals surface area contributed by atoms with Crippen LogP contribution in [0.25, 0.3) is 5.57 Å². The summed E-state index contributed by atoms with van der Waals surface area (Å²) < 4.78 is 0. The van der Waals surface area contributed by atoms with Crippen LogP contribution >= 0.6 is 0 Å². The Hall–Kier alpha value is -2.92. The molecular formula is C22H32N4O. The van der Waals surface area contributed by atoms with E-state index in [1.165, 1.54) is 0 Å². The number of aliphatic hydroxyl groups is 1. The van der Waals surface area contributed by atoms with Gasteiger partial charge in [0.05, 0.1) is 11.4 Å². The molecule has 2 rings (SSSR count). The predicted molar refractivity (Wildman–Crippen MR) is 117 cm³/mol. The molecule has 0 aliphatic carbocycles. The van der Waals surface area contributed by atoms with Gasteiger partial charge in [-0.2, -0.15) is 0 Å². The van der Waals surface area contributed by atoms with Crippen molar-refractivity contribution in [1.29, 1.82) is 0 Å². The van der Waals surface area contributed by atoms with Crippen molar-refractivity contribution in [2.45, 2.75) is 27.3 Å². The first-order valence-electron chi connectivity index (χ1n) is 9.08. The molecule has 0 unspecified atom stereocenters. The quantitative estimate of drug-likeness (QED) is 0.349. The third-order valence-electron chi connectivity index (χ3n) is 4.17. The molecule has 0 saturated heterocycles. The normalized spacial score (nSPS) is 11.0. The molecule has 0 aliphatic rings. The molecule has 0 saturated carbocycles. The second-order valence-corrected chi connectivity index (χ2v) is 5.95. The molecule has 5 nitrogen and oxygen atoms in total. The van der Waals surface area contributed by atoms with Crippen LogP contribution < -0.4 is 21.7 Å². The summed E-state index contributed by atoms with van der Waals surface area (Å²) in [7, 11) is 3.58. The van der Waals surface area contributed by atoms with E-state index in [4.69, 9.17) is 11.5 Å². The molecule has 6 N–H and O–H groups in total. The van der Waals surface area contributed by atoms with E-state index in [0.717, 1.165) is 22.4 Å². The third-order valence-corrected chi connectivity index (χ3v) is 4.17. The minimum Gasteiger partial charge on any atom is -0.504 e. The van der Waals surface area contributed by atoms with Crippen LogP contribution in [0.4, 0.5) is 11.4 Å². The van der Waals surface area contributed by atoms with E-state index < -0.39 is 0 Å². The van der Waals surface area contributed by atoms with Crippen LogP contribution in [-0.2, 0) is 6.54 Å². The maximum atomic E-state index is 10.7. The number of nitrogens with two attached hydrogens (primary N) is 2. The number of allylic oxidation sites excluding steroid dienone is 1. The summed E-state index contributed by atoms with van der Waals surface area (Å²) in [6.07, 6.45) is 0. The van der Waals surface area contributed by atoms with Gasteiger partial charge in [0.1, 0.15) is 5.82 Å². The Labute approximate surface area is 163 Å². The summed E-state index contributed by atoms with van der Waals surface area (Å²) in [5.41, 5.74) is 16.7. The van der Waals surface area contributed by atoms with Crippen molar-refractivity contribution in [1.82, 2.24) is 5.32 Å². The van der Waals surface area contributed by atoms with Crippen LogP contribution in [0, 0.1) is 6.92 Å². The molecule has 0 radical (unpaired) electrons. The molecule has 0 bridgehead atoms. The first-order valence-corrected chi connectivity index (χ1v) is 9.08. The maximum Gasteiger partial charge on any atom is 0.163 e. The summed E-state index contributed by atoms with van der Waals surface area (Å²) in [6, 6.07) is 13.5. The molecule has 0 atom stereocenters. The van der Waals surface area contributed by atoms with E-state index in [1.54, 1.807) is 11.9 Å². The van der Waals surface area contributed by atoms with Gasteiger partial charge < -0.3 is 26.8 Å². The molecule has 0 heterocycles. The highest BCUT2D eigenvalue weighted by Crippen LogP contribution is 2.29. The molecular weight excluding hydrogens is 336 g/mol. The molecule has 2 aromatic rings. The summed E-state index contributed by atoms with van der Waals surface area (Å²) in [6.45, 7) is 10.5. The molecule has 0 aliphatic heterocycles. The molecule has 27 heavy (non-hydrogen) atoms. The Morgan fingerprint density at radius 1 is 1.15 bits per heavy atom. The van der Waals surface area contributed by atoms with Gasteiger partial charge in [-0.25, -0.2) is 0 Å².